The molecule has 7 nitrogen and oxygen atoms in total. The molecule has 2 aromatic rings. The van der Waals surface area contributed by atoms with E-state index >= 15 is 0 Å². The predicted molar refractivity (Wildman–Crippen MR) is 75.2 cm³/mol. The number of carbonyl (C=O) groups excluding carboxylic acids is 1. The minimum Gasteiger partial charge on any atom is -0.476 e. The summed E-state index contributed by atoms with van der Waals surface area (Å²) in [4.78, 5) is 22.8. The van der Waals surface area contributed by atoms with Gasteiger partial charge < -0.3 is 9.84 Å². The highest BCUT2D eigenvalue weighted by molar-refractivity contribution is 5.97. The molecule has 0 radical (unpaired) electrons. The molecule has 0 atom stereocenters. The number of aromatic nitrogens is 2. The molecule has 1 heterocycles. The number of rotatable bonds is 4. The number of hydrogen-bond acceptors (Lipinski definition) is 4. The summed E-state index contributed by atoms with van der Waals surface area (Å²) in [6.45, 7) is 1.76. The van der Waals surface area contributed by atoms with Crippen LogP contribution in [0.15, 0.2) is 30.3 Å². The standard InChI is InChI=1S/C14H15N3O4/c1-9-11(12(13(18)19)16-17(9)2)15-14(20)21-8-10-6-4-3-5-7-10/h3-7H,8H2,1-2H3,(H,15,20)(H,18,19). The average molecular weight is 289 g/mol. The van der Waals surface area contributed by atoms with Gasteiger partial charge in [-0.15, -0.1) is 0 Å². The first kappa shape index (κ1) is 14.6. The number of benzene rings is 1. The normalized spacial score (nSPS) is 10.2. The van der Waals surface area contributed by atoms with E-state index in [4.69, 9.17) is 9.84 Å². The molecule has 0 saturated heterocycles. The maximum atomic E-state index is 11.8. The number of ether oxygens (including phenoxy) is 1. The molecule has 110 valence electrons. The number of hydrogen-bond donors (Lipinski definition) is 2. The van der Waals surface area contributed by atoms with Crippen molar-refractivity contribution in [1.29, 1.82) is 0 Å². The van der Waals surface area contributed by atoms with Crippen LogP contribution in [0.1, 0.15) is 21.7 Å². The van der Waals surface area contributed by atoms with Crippen LogP contribution in [0.2, 0.25) is 0 Å². The largest absolute Gasteiger partial charge is 0.476 e. The van der Waals surface area contributed by atoms with Gasteiger partial charge in [-0.3, -0.25) is 10.00 Å². The summed E-state index contributed by atoms with van der Waals surface area (Å²) in [6.07, 6.45) is -0.725. The van der Waals surface area contributed by atoms with Crippen LogP contribution in [0.3, 0.4) is 0 Å². The lowest BCUT2D eigenvalue weighted by Crippen LogP contribution is -2.16. The van der Waals surface area contributed by atoms with E-state index in [1.807, 2.05) is 30.3 Å². The molecular weight excluding hydrogens is 274 g/mol. The van der Waals surface area contributed by atoms with Gasteiger partial charge in [0, 0.05) is 7.05 Å². The van der Waals surface area contributed by atoms with E-state index in [1.54, 1.807) is 14.0 Å². The Morgan fingerprint density at radius 2 is 2.00 bits per heavy atom. The molecule has 2 N–H and O–H groups in total. The van der Waals surface area contributed by atoms with Crippen molar-refractivity contribution < 1.29 is 19.4 Å². The van der Waals surface area contributed by atoms with Crippen molar-refractivity contribution in [2.45, 2.75) is 13.5 Å². The molecular formula is C14H15N3O4. The molecule has 0 aliphatic heterocycles. The first-order valence-electron chi connectivity index (χ1n) is 6.23. The summed E-state index contributed by atoms with van der Waals surface area (Å²) in [7, 11) is 1.60. The number of nitrogens with one attached hydrogen (secondary N) is 1. The monoisotopic (exact) mass is 289 g/mol. The molecule has 0 saturated carbocycles. The van der Waals surface area contributed by atoms with Crippen molar-refractivity contribution in [3.8, 4) is 0 Å². The number of amides is 1. The summed E-state index contributed by atoms with van der Waals surface area (Å²) >= 11 is 0. The number of aryl methyl sites for hydroxylation is 1. The van der Waals surface area contributed by atoms with E-state index in [2.05, 4.69) is 10.4 Å². The lowest BCUT2D eigenvalue weighted by Gasteiger charge is -2.07. The quantitative estimate of drug-likeness (QED) is 0.899. The Morgan fingerprint density at radius 3 is 2.62 bits per heavy atom. The number of aromatic carboxylic acids is 1. The highest BCUT2D eigenvalue weighted by atomic mass is 16.5. The fourth-order valence-corrected chi connectivity index (χ4v) is 1.77. The maximum absolute atomic E-state index is 11.8. The van der Waals surface area contributed by atoms with E-state index in [0.29, 0.717) is 5.69 Å². The molecule has 1 aromatic carbocycles. The van der Waals surface area contributed by atoms with Crippen LogP contribution < -0.4 is 5.32 Å². The molecule has 0 spiro atoms. The first-order chi connectivity index (χ1) is 9.99. The van der Waals surface area contributed by atoms with Crippen LogP contribution in [0.25, 0.3) is 0 Å². The Balaban J connectivity index is 2.05. The molecule has 0 aliphatic rings. The van der Waals surface area contributed by atoms with Gasteiger partial charge in [-0.25, -0.2) is 9.59 Å². The Morgan fingerprint density at radius 1 is 1.33 bits per heavy atom. The molecule has 0 aliphatic carbocycles. The SMILES string of the molecule is Cc1c(NC(=O)OCc2ccccc2)c(C(=O)O)nn1C. The minimum atomic E-state index is -1.21. The Bertz CT molecular complexity index is 664. The molecule has 0 bridgehead atoms. The summed E-state index contributed by atoms with van der Waals surface area (Å²) in [6, 6.07) is 9.19. The number of carboxylic acids is 1. The molecule has 2 rings (SSSR count). The van der Waals surface area contributed by atoms with Gasteiger partial charge in [-0.2, -0.15) is 5.10 Å². The third-order valence-corrected chi connectivity index (χ3v) is 2.98. The fraction of sp³-hybridized carbons (Fsp3) is 0.214. The van der Waals surface area contributed by atoms with Crippen LogP contribution in [-0.4, -0.2) is 26.9 Å². The lowest BCUT2D eigenvalue weighted by atomic mass is 10.2. The van der Waals surface area contributed by atoms with Crippen molar-refractivity contribution in [3.05, 3.63) is 47.3 Å². The van der Waals surface area contributed by atoms with E-state index < -0.39 is 12.1 Å². The zero-order valence-corrected chi connectivity index (χ0v) is 11.7. The highest BCUT2D eigenvalue weighted by Gasteiger charge is 2.21. The summed E-state index contributed by atoms with van der Waals surface area (Å²) in [5, 5.41) is 15.3. The van der Waals surface area contributed by atoms with Crippen LogP contribution in [0, 0.1) is 6.92 Å². The van der Waals surface area contributed by atoms with Crippen molar-refractivity contribution in [2.24, 2.45) is 7.05 Å². The number of nitrogens with zero attached hydrogens (tertiary/aromatic N) is 2. The van der Waals surface area contributed by atoms with E-state index in [1.165, 1.54) is 4.68 Å². The first-order valence-corrected chi connectivity index (χ1v) is 6.23. The van der Waals surface area contributed by atoms with Gasteiger partial charge in [0.05, 0.1) is 5.69 Å². The molecule has 0 unspecified atom stereocenters. The van der Waals surface area contributed by atoms with Gasteiger partial charge in [-0.05, 0) is 12.5 Å². The molecule has 1 amide bonds. The predicted octanol–water partition coefficient (Wildman–Crippen LogP) is 2.18. The summed E-state index contributed by atoms with van der Waals surface area (Å²) in [5.41, 5.74) is 1.30. The van der Waals surface area contributed by atoms with Crippen molar-refractivity contribution >= 4 is 17.7 Å². The third-order valence-electron chi connectivity index (χ3n) is 2.98. The van der Waals surface area contributed by atoms with E-state index in [-0.39, 0.29) is 18.0 Å². The minimum absolute atomic E-state index is 0.106. The van der Waals surface area contributed by atoms with Gasteiger partial charge in [0.15, 0.2) is 5.69 Å². The number of carboxylic acid groups (broad SMARTS) is 1. The molecule has 0 fully saturated rings. The second-order valence-electron chi connectivity index (χ2n) is 4.42. The van der Waals surface area contributed by atoms with Crippen molar-refractivity contribution in [2.75, 3.05) is 5.32 Å². The smallest absolute Gasteiger partial charge is 0.412 e. The maximum Gasteiger partial charge on any atom is 0.412 e. The van der Waals surface area contributed by atoms with Gasteiger partial charge in [0.25, 0.3) is 0 Å². The molecule has 21 heavy (non-hydrogen) atoms. The third kappa shape index (κ3) is 3.38. The summed E-state index contributed by atoms with van der Waals surface area (Å²) < 4.78 is 6.44. The second-order valence-corrected chi connectivity index (χ2v) is 4.42. The van der Waals surface area contributed by atoms with Gasteiger partial charge in [0.2, 0.25) is 0 Å². The van der Waals surface area contributed by atoms with Crippen molar-refractivity contribution in [1.82, 2.24) is 9.78 Å². The van der Waals surface area contributed by atoms with Crippen LogP contribution >= 0.6 is 0 Å². The molecule has 7 heteroatoms. The molecule has 1 aromatic heterocycles. The number of carbonyl (C=O) groups is 2. The van der Waals surface area contributed by atoms with Gasteiger partial charge in [0.1, 0.15) is 12.3 Å². The number of anilines is 1. The summed E-state index contributed by atoms with van der Waals surface area (Å²) in [5.74, 6) is -1.21. The van der Waals surface area contributed by atoms with Crippen molar-refractivity contribution in [3.63, 3.8) is 0 Å². The van der Waals surface area contributed by atoms with Crippen LogP contribution in [0.5, 0.6) is 0 Å². The Hall–Kier alpha value is -2.83. The van der Waals surface area contributed by atoms with Gasteiger partial charge in [-0.1, -0.05) is 30.3 Å². The van der Waals surface area contributed by atoms with Crippen LogP contribution in [0.4, 0.5) is 10.5 Å². The zero-order chi connectivity index (χ0) is 15.4. The van der Waals surface area contributed by atoms with Crippen LogP contribution in [-0.2, 0) is 18.4 Å². The lowest BCUT2D eigenvalue weighted by molar-refractivity contribution is 0.0690. The van der Waals surface area contributed by atoms with Gasteiger partial charge >= 0.3 is 12.1 Å². The second kappa shape index (κ2) is 6.08. The Kier molecular flexibility index (Phi) is 4.22. The van der Waals surface area contributed by atoms with E-state index in [0.717, 1.165) is 5.56 Å². The zero-order valence-electron chi connectivity index (χ0n) is 11.7. The highest BCUT2D eigenvalue weighted by Crippen LogP contribution is 2.19. The van der Waals surface area contributed by atoms with E-state index in [9.17, 15) is 9.59 Å². The average Bonchev–Trinajstić information content (AvgIpc) is 2.75. The fourth-order valence-electron chi connectivity index (χ4n) is 1.77. The Labute approximate surface area is 121 Å². The topological polar surface area (TPSA) is 93.4 Å².